The third-order valence-corrected chi connectivity index (χ3v) is 3.16. The Labute approximate surface area is 120 Å². The molecule has 0 aliphatic heterocycles. The Kier molecular flexibility index (Phi) is 3.93. The van der Waals surface area contributed by atoms with E-state index in [4.69, 9.17) is 10.5 Å². The molecule has 0 bridgehead atoms. The minimum atomic E-state index is -0.0164. The van der Waals surface area contributed by atoms with E-state index in [1.54, 1.807) is 12.4 Å². The van der Waals surface area contributed by atoms with E-state index in [9.17, 15) is 0 Å². The van der Waals surface area contributed by atoms with Crippen molar-refractivity contribution < 1.29 is 4.74 Å². The molecule has 1 aromatic carbocycles. The van der Waals surface area contributed by atoms with Crippen LogP contribution >= 0.6 is 0 Å². The zero-order valence-electron chi connectivity index (χ0n) is 12.5. The first-order chi connectivity index (χ1) is 9.41. The van der Waals surface area contributed by atoms with Gasteiger partial charge in [0.05, 0.1) is 0 Å². The van der Waals surface area contributed by atoms with Gasteiger partial charge in [-0.25, -0.2) is 9.97 Å². The lowest BCUT2D eigenvalue weighted by atomic mass is 9.85. The number of nitrogens with zero attached hydrogens (tertiary/aromatic N) is 2. The van der Waals surface area contributed by atoms with Gasteiger partial charge in [0.1, 0.15) is 5.75 Å². The van der Waals surface area contributed by atoms with Gasteiger partial charge in [-0.2, -0.15) is 0 Å². The molecule has 0 aliphatic carbocycles. The lowest BCUT2D eigenvalue weighted by molar-refractivity contribution is 0.440. The first-order valence-electron chi connectivity index (χ1n) is 6.79. The van der Waals surface area contributed by atoms with Crippen LogP contribution in [0.25, 0.3) is 0 Å². The van der Waals surface area contributed by atoms with Crippen molar-refractivity contribution in [3.05, 3.63) is 41.7 Å². The van der Waals surface area contributed by atoms with Crippen molar-refractivity contribution in [1.82, 2.24) is 9.97 Å². The predicted octanol–water partition coefficient (Wildman–Crippen LogP) is 3.71. The van der Waals surface area contributed by atoms with E-state index >= 15 is 0 Å². The molecule has 0 unspecified atom stereocenters. The summed E-state index contributed by atoms with van der Waals surface area (Å²) >= 11 is 0. The Bertz CT molecular complexity index is 603. The van der Waals surface area contributed by atoms with E-state index in [2.05, 4.69) is 49.8 Å². The van der Waals surface area contributed by atoms with Gasteiger partial charge in [0, 0.05) is 18.0 Å². The van der Waals surface area contributed by atoms with Crippen LogP contribution in [0.1, 0.15) is 38.8 Å². The molecule has 0 atom stereocenters. The number of nitrogens with two attached hydrogens (primary N) is 1. The summed E-state index contributed by atoms with van der Waals surface area (Å²) in [7, 11) is 0. The van der Waals surface area contributed by atoms with Gasteiger partial charge in [-0.05, 0) is 23.5 Å². The summed E-state index contributed by atoms with van der Waals surface area (Å²) in [5.74, 6) is 1.43. The summed E-state index contributed by atoms with van der Waals surface area (Å²) in [5.41, 5.74) is 8.20. The van der Waals surface area contributed by atoms with Crippen molar-refractivity contribution in [1.29, 1.82) is 0 Å². The highest BCUT2D eigenvalue weighted by atomic mass is 16.5. The van der Waals surface area contributed by atoms with Crippen molar-refractivity contribution in [3.8, 4) is 11.6 Å². The normalized spacial score (nSPS) is 11.4. The maximum Gasteiger partial charge on any atom is 0.262 e. The van der Waals surface area contributed by atoms with Crippen LogP contribution in [-0.2, 0) is 11.8 Å². The molecule has 20 heavy (non-hydrogen) atoms. The highest BCUT2D eigenvalue weighted by Gasteiger charge is 2.20. The number of hydrogen-bond donors (Lipinski definition) is 1. The molecular weight excluding hydrogens is 250 g/mol. The molecule has 106 valence electrons. The Morgan fingerprint density at radius 3 is 2.45 bits per heavy atom. The minimum absolute atomic E-state index is 0.0164. The Balaban J connectivity index is 2.44. The average Bonchev–Trinajstić information content (AvgIpc) is 2.40. The molecule has 0 radical (unpaired) electrons. The fourth-order valence-corrected chi connectivity index (χ4v) is 1.99. The molecule has 2 rings (SSSR count). The molecule has 1 heterocycles. The summed E-state index contributed by atoms with van der Waals surface area (Å²) in [4.78, 5) is 8.12. The van der Waals surface area contributed by atoms with Gasteiger partial charge in [0.15, 0.2) is 5.82 Å². The van der Waals surface area contributed by atoms with Gasteiger partial charge >= 0.3 is 0 Å². The van der Waals surface area contributed by atoms with Gasteiger partial charge < -0.3 is 10.5 Å². The van der Waals surface area contributed by atoms with Crippen LogP contribution in [0.15, 0.2) is 30.6 Å². The Morgan fingerprint density at radius 2 is 1.85 bits per heavy atom. The molecule has 0 amide bonds. The number of nitrogen functional groups attached to an aromatic ring is 1. The van der Waals surface area contributed by atoms with Crippen molar-refractivity contribution in [2.24, 2.45) is 0 Å². The number of hydrogen-bond acceptors (Lipinski definition) is 4. The summed E-state index contributed by atoms with van der Waals surface area (Å²) in [6, 6.07) is 6.23. The standard InChI is InChI=1S/C16H21N3O/c1-5-11-6-7-13(12(10-11)16(2,3)4)20-15-14(17)18-8-9-19-15/h6-10H,5H2,1-4H3,(H2,17,18). The monoisotopic (exact) mass is 271 g/mol. The van der Waals surface area contributed by atoms with E-state index in [0.29, 0.717) is 11.7 Å². The fraction of sp³-hybridized carbons (Fsp3) is 0.375. The molecule has 0 saturated carbocycles. The molecule has 0 fully saturated rings. The molecule has 2 N–H and O–H groups in total. The zero-order chi connectivity index (χ0) is 14.8. The molecule has 2 aromatic rings. The van der Waals surface area contributed by atoms with Crippen LogP contribution in [-0.4, -0.2) is 9.97 Å². The first kappa shape index (κ1) is 14.3. The SMILES string of the molecule is CCc1ccc(Oc2nccnc2N)c(C(C)(C)C)c1. The van der Waals surface area contributed by atoms with Crippen molar-refractivity contribution in [2.75, 3.05) is 5.73 Å². The predicted molar refractivity (Wildman–Crippen MR) is 81.0 cm³/mol. The highest BCUT2D eigenvalue weighted by Crippen LogP contribution is 2.35. The van der Waals surface area contributed by atoms with Crippen molar-refractivity contribution in [3.63, 3.8) is 0 Å². The lowest BCUT2D eigenvalue weighted by Crippen LogP contribution is -2.13. The second kappa shape index (κ2) is 5.49. The Morgan fingerprint density at radius 1 is 1.15 bits per heavy atom. The van der Waals surface area contributed by atoms with Crippen LogP contribution in [0.3, 0.4) is 0 Å². The number of rotatable bonds is 3. The smallest absolute Gasteiger partial charge is 0.262 e. The summed E-state index contributed by atoms with van der Waals surface area (Å²) in [6.07, 6.45) is 4.12. The third kappa shape index (κ3) is 3.07. The van der Waals surface area contributed by atoms with Crippen LogP contribution < -0.4 is 10.5 Å². The maximum absolute atomic E-state index is 5.87. The average molecular weight is 271 g/mol. The topological polar surface area (TPSA) is 61.0 Å². The van der Waals surface area contributed by atoms with Crippen LogP contribution in [0.5, 0.6) is 11.6 Å². The molecule has 1 aromatic heterocycles. The number of benzene rings is 1. The molecule has 4 nitrogen and oxygen atoms in total. The van der Waals surface area contributed by atoms with Gasteiger partial charge in [-0.15, -0.1) is 0 Å². The first-order valence-corrected chi connectivity index (χ1v) is 6.79. The number of aromatic nitrogens is 2. The largest absolute Gasteiger partial charge is 0.436 e. The maximum atomic E-state index is 5.87. The molecule has 4 heteroatoms. The van der Waals surface area contributed by atoms with E-state index < -0.39 is 0 Å². The van der Waals surface area contributed by atoms with Gasteiger partial charge in [0.25, 0.3) is 5.88 Å². The zero-order valence-corrected chi connectivity index (χ0v) is 12.5. The molecular formula is C16H21N3O. The molecule has 0 saturated heterocycles. The summed E-state index contributed by atoms with van der Waals surface area (Å²) in [5, 5.41) is 0. The van der Waals surface area contributed by atoms with Crippen molar-refractivity contribution in [2.45, 2.75) is 39.5 Å². The molecule has 0 aliphatic rings. The van der Waals surface area contributed by atoms with Crippen LogP contribution in [0.4, 0.5) is 5.82 Å². The van der Waals surface area contributed by atoms with Crippen LogP contribution in [0, 0.1) is 0 Å². The second-order valence-electron chi connectivity index (χ2n) is 5.78. The fourth-order valence-electron chi connectivity index (χ4n) is 1.99. The molecule has 0 spiro atoms. The van der Waals surface area contributed by atoms with E-state index in [1.807, 2.05) is 6.07 Å². The van der Waals surface area contributed by atoms with E-state index in [0.717, 1.165) is 17.7 Å². The van der Waals surface area contributed by atoms with Gasteiger partial charge in [0.2, 0.25) is 0 Å². The second-order valence-corrected chi connectivity index (χ2v) is 5.78. The van der Waals surface area contributed by atoms with E-state index in [-0.39, 0.29) is 5.41 Å². The Hall–Kier alpha value is -2.10. The quantitative estimate of drug-likeness (QED) is 0.924. The third-order valence-electron chi connectivity index (χ3n) is 3.16. The number of anilines is 1. The number of ether oxygens (including phenoxy) is 1. The van der Waals surface area contributed by atoms with E-state index in [1.165, 1.54) is 5.56 Å². The summed E-state index contributed by atoms with van der Waals surface area (Å²) < 4.78 is 5.87. The van der Waals surface area contributed by atoms with Gasteiger partial charge in [-0.1, -0.05) is 39.8 Å². The lowest BCUT2D eigenvalue weighted by Gasteiger charge is -2.23. The van der Waals surface area contributed by atoms with Crippen LogP contribution in [0.2, 0.25) is 0 Å². The summed E-state index contributed by atoms with van der Waals surface area (Å²) in [6.45, 7) is 8.63. The number of aryl methyl sites for hydroxylation is 1. The minimum Gasteiger partial charge on any atom is -0.436 e. The van der Waals surface area contributed by atoms with Crippen molar-refractivity contribution >= 4 is 5.82 Å². The van der Waals surface area contributed by atoms with Gasteiger partial charge in [-0.3, -0.25) is 0 Å². The highest BCUT2D eigenvalue weighted by molar-refractivity contribution is 5.47.